The number of rotatable bonds is 5. The fourth-order valence-electron chi connectivity index (χ4n) is 2.49. The van der Waals surface area contributed by atoms with Gasteiger partial charge in [-0.05, 0) is 32.9 Å². The van der Waals surface area contributed by atoms with E-state index in [0.29, 0.717) is 19.0 Å². The Kier molecular flexibility index (Phi) is 4.70. The molecule has 1 N–H and O–H groups in total. The average molecular weight is 316 g/mol. The molecule has 2 heterocycles. The van der Waals surface area contributed by atoms with Crippen molar-refractivity contribution in [2.75, 3.05) is 33.8 Å². The number of ether oxygens (including phenoxy) is 1. The largest absolute Gasteiger partial charge is 0.465 e. The number of nitrogens with one attached hydrogen (secondary N) is 1. The molecule has 1 saturated heterocycles. The molecule has 1 unspecified atom stereocenters. The topological polar surface area (TPSA) is 88.9 Å². The lowest BCUT2D eigenvalue weighted by atomic mass is 10.1. The Morgan fingerprint density at radius 2 is 2.29 bits per heavy atom. The van der Waals surface area contributed by atoms with Crippen LogP contribution in [0.15, 0.2) is 15.6 Å². The highest BCUT2D eigenvalue weighted by Crippen LogP contribution is 2.27. The maximum atomic E-state index is 12.5. The van der Waals surface area contributed by atoms with E-state index in [4.69, 9.17) is 4.42 Å². The molecule has 0 amide bonds. The molecule has 1 aromatic rings. The predicted molar refractivity (Wildman–Crippen MR) is 75.6 cm³/mol. The number of hydrogen-bond acceptors (Lipinski definition) is 6. The summed E-state index contributed by atoms with van der Waals surface area (Å²) in [7, 11) is -0.617. The zero-order valence-corrected chi connectivity index (χ0v) is 13.2. The first-order valence-corrected chi connectivity index (χ1v) is 8.17. The van der Waals surface area contributed by atoms with Crippen LogP contribution in [0, 0.1) is 12.8 Å². The highest BCUT2D eigenvalue weighted by atomic mass is 32.2. The number of carbonyl (C=O) groups excluding carboxylic acids is 1. The number of sulfonamides is 1. The molecular formula is C13H20N2O5S. The molecule has 118 valence electrons. The summed E-state index contributed by atoms with van der Waals surface area (Å²) in [5.74, 6) is -0.0699. The summed E-state index contributed by atoms with van der Waals surface area (Å²) in [6.07, 6.45) is 0.809. The van der Waals surface area contributed by atoms with Gasteiger partial charge in [0.15, 0.2) is 0 Å². The first-order valence-electron chi connectivity index (χ1n) is 6.73. The van der Waals surface area contributed by atoms with Crippen LogP contribution < -0.4 is 5.32 Å². The Balaban J connectivity index is 2.23. The van der Waals surface area contributed by atoms with Crippen molar-refractivity contribution in [3.63, 3.8) is 0 Å². The van der Waals surface area contributed by atoms with Crippen molar-refractivity contribution in [3.8, 4) is 0 Å². The molecule has 7 nitrogen and oxygen atoms in total. The zero-order chi connectivity index (χ0) is 15.6. The van der Waals surface area contributed by atoms with Crippen molar-refractivity contribution in [1.82, 2.24) is 9.62 Å². The third-order valence-corrected chi connectivity index (χ3v) is 5.36. The van der Waals surface area contributed by atoms with E-state index in [1.807, 2.05) is 7.05 Å². The molecule has 0 bridgehead atoms. The summed E-state index contributed by atoms with van der Waals surface area (Å²) in [5, 5.41) is 2.85. The summed E-state index contributed by atoms with van der Waals surface area (Å²) in [4.78, 5) is 11.5. The smallest absolute Gasteiger partial charge is 0.341 e. The molecule has 2 rings (SSSR count). The Morgan fingerprint density at radius 3 is 2.90 bits per heavy atom. The van der Waals surface area contributed by atoms with Crippen molar-refractivity contribution in [3.05, 3.63) is 17.4 Å². The summed E-state index contributed by atoms with van der Waals surface area (Å²) in [6, 6.07) is 1.24. The molecule has 0 aromatic carbocycles. The molecule has 1 atom stereocenters. The van der Waals surface area contributed by atoms with Gasteiger partial charge in [0, 0.05) is 19.2 Å². The van der Waals surface area contributed by atoms with Crippen LogP contribution >= 0.6 is 0 Å². The standard InChI is InChI=1S/C13H20N2O5S/c1-9-11(13(16)19-3)6-12(20-9)21(17,18)15-5-4-10(8-15)7-14-2/h6,10,14H,4-5,7-8H2,1-3H3. The first kappa shape index (κ1) is 16.0. The molecule has 0 spiro atoms. The van der Waals surface area contributed by atoms with Gasteiger partial charge in [0.1, 0.15) is 11.3 Å². The first-order chi connectivity index (χ1) is 9.90. The van der Waals surface area contributed by atoms with Gasteiger partial charge in [-0.25, -0.2) is 13.2 Å². The molecule has 0 radical (unpaired) electrons. The highest BCUT2D eigenvalue weighted by molar-refractivity contribution is 7.89. The zero-order valence-electron chi connectivity index (χ0n) is 12.4. The second kappa shape index (κ2) is 6.17. The van der Waals surface area contributed by atoms with Crippen molar-refractivity contribution in [1.29, 1.82) is 0 Å². The van der Waals surface area contributed by atoms with Crippen LogP contribution in [0.3, 0.4) is 0 Å². The van der Waals surface area contributed by atoms with Crippen LogP contribution in [0.5, 0.6) is 0 Å². The van der Waals surface area contributed by atoms with Gasteiger partial charge < -0.3 is 14.5 Å². The second-order valence-electron chi connectivity index (χ2n) is 5.10. The van der Waals surface area contributed by atoms with E-state index in [1.54, 1.807) is 6.92 Å². The number of carbonyl (C=O) groups is 1. The normalized spacial score (nSPS) is 19.9. The lowest BCUT2D eigenvalue weighted by Crippen LogP contribution is -2.30. The van der Waals surface area contributed by atoms with E-state index in [0.717, 1.165) is 13.0 Å². The lowest BCUT2D eigenvalue weighted by molar-refractivity contribution is 0.0599. The summed E-state index contributed by atoms with van der Waals surface area (Å²) < 4.78 is 36.3. The fraction of sp³-hybridized carbons (Fsp3) is 0.615. The summed E-state index contributed by atoms with van der Waals surface area (Å²) >= 11 is 0. The number of esters is 1. The van der Waals surface area contributed by atoms with E-state index in [-0.39, 0.29) is 16.4 Å². The van der Waals surface area contributed by atoms with Gasteiger partial charge in [-0.2, -0.15) is 4.31 Å². The van der Waals surface area contributed by atoms with E-state index in [2.05, 4.69) is 10.1 Å². The van der Waals surface area contributed by atoms with Crippen molar-refractivity contribution >= 4 is 16.0 Å². The monoisotopic (exact) mass is 316 g/mol. The number of furan rings is 1. The van der Waals surface area contributed by atoms with E-state index in [1.165, 1.54) is 17.5 Å². The Labute approximate surface area is 124 Å². The Morgan fingerprint density at radius 1 is 1.57 bits per heavy atom. The second-order valence-corrected chi connectivity index (χ2v) is 6.97. The fourth-order valence-corrected chi connectivity index (χ4v) is 4.00. The minimum absolute atomic E-state index is 0.141. The Bertz CT molecular complexity index is 623. The van der Waals surface area contributed by atoms with Gasteiger partial charge in [0.05, 0.1) is 7.11 Å². The number of aryl methyl sites for hydroxylation is 1. The van der Waals surface area contributed by atoms with Gasteiger partial charge in [-0.3, -0.25) is 0 Å². The van der Waals surface area contributed by atoms with Crippen LogP contribution in [-0.4, -0.2) is 52.5 Å². The van der Waals surface area contributed by atoms with E-state index in [9.17, 15) is 13.2 Å². The SMILES string of the molecule is CNCC1CCN(S(=O)(=O)c2cc(C(=O)OC)c(C)o2)C1. The molecule has 1 aromatic heterocycles. The number of nitrogens with zero attached hydrogens (tertiary/aromatic N) is 1. The van der Waals surface area contributed by atoms with Crippen molar-refractivity contribution in [2.24, 2.45) is 5.92 Å². The molecule has 1 fully saturated rings. The Hall–Kier alpha value is -1.38. The van der Waals surface area contributed by atoms with Crippen molar-refractivity contribution in [2.45, 2.75) is 18.4 Å². The van der Waals surface area contributed by atoms with Gasteiger partial charge in [0.25, 0.3) is 10.0 Å². The number of methoxy groups -OCH3 is 1. The van der Waals surface area contributed by atoms with E-state index < -0.39 is 16.0 Å². The van der Waals surface area contributed by atoms with Crippen LogP contribution in [-0.2, 0) is 14.8 Å². The summed E-state index contributed by atoms with van der Waals surface area (Å²) in [6.45, 7) is 3.23. The van der Waals surface area contributed by atoms with Crippen LogP contribution in [0.25, 0.3) is 0 Å². The van der Waals surface area contributed by atoms with E-state index >= 15 is 0 Å². The van der Waals surface area contributed by atoms with Crippen LogP contribution in [0.1, 0.15) is 22.5 Å². The van der Waals surface area contributed by atoms with Gasteiger partial charge in [-0.15, -0.1) is 0 Å². The molecule has 0 aliphatic carbocycles. The van der Waals surface area contributed by atoms with Crippen LogP contribution in [0.4, 0.5) is 0 Å². The minimum atomic E-state index is -3.70. The number of hydrogen-bond donors (Lipinski definition) is 1. The highest BCUT2D eigenvalue weighted by Gasteiger charge is 2.35. The third kappa shape index (κ3) is 3.12. The maximum absolute atomic E-state index is 12.5. The van der Waals surface area contributed by atoms with Gasteiger partial charge in [-0.1, -0.05) is 0 Å². The summed E-state index contributed by atoms with van der Waals surface area (Å²) in [5.41, 5.74) is 0.141. The van der Waals surface area contributed by atoms with Crippen molar-refractivity contribution < 1.29 is 22.4 Å². The maximum Gasteiger partial charge on any atom is 0.341 e. The quantitative estimate of drug-likeness (QED) is 0.801. The molecule has 21 heavy (non-hydrogen) atoms. The molecule has 0 saturated carbocycles. The van der Waals surface area contributed by atoms with Gasteiger partial charge in [0.2, 0.25) is 5.09 Å². The third-order valence-electron chi connectivity index (χ3n) is 3.64. The van der Waals surface area contributed by atoms with Crippen LogP contribution in [0.2, 0.25) is 0 Å². The minimum Gasteiger partial charge on any atom is -0.465 e. The average Bonchev–Trinajstić information content (AvgIpc) is 3.06. The predicted octanol–water partition coefficient (Wildman–Crippen LogP) is 0.605. The lowest BCUT2D eigenvalue weighted by Gasteiger charge is -2.14. The molecule has 1 aliphatic rings. The molecule has 1 aliphatic heterocycles. The molecular weight excluding hydrogens is 296 g/mol. The molecule has 8 heteroatoms. The van der Waals surface area contributed by atoms with Gasteiger partial charge >= 0.3 is 5.97 Å².